The van der Waals surface area contributed by atoms with Crippen LogP contribution < -0.4 is 23.6 Å². The average Bonchev–Trinajstić information content (AvgIpc) is 1.50. The fourth-order valence-electron chi connectivity index (χ4n) is 13.3. The van der Waals surface area contributed by atoms with Crippen molar-refractivity contribution < 1.29 is 38.4 Å². The number of aryl methyl sites for hydroxylation is 5. The van der Waals surface area contributed by atoms with Crippen molar-refractivity contribution in [2.24, 2.45) is 0 Å². The molecule has 25 nitrogen and oxygen atoms in total. The van der Waals surface area contributed by atoms with E-state index < -0.39 is 40.1 Å². The second-order valence-electron chi connectivity index (χ2n) is 31.5. The van der Waals surface area contributed by atoms with Crippen molar-refractivity contribution in [2.45, 2.75) is 146 Å². The molecule has 4 N–H and O–H groups in total. The SMILES string of the molecule is Cc1cc(NS(=O)(=O)c2ccc(C(C)(C)C)cc2)n(-c2cccc3cnccc23)n1.Cc1cc(NS(=O)(=O)c2ccc(C(C)C)cc2)n(-c2cccc3ncccc23)n1.Cc1cc(NS(=O)(=O)c2ccc(OC(C)C)cc2)n(-c2cccc3ncccc23)n1.Cc1ccc2c(-n3nc(C)cc3NS(=O)(=O)c3ccc(C(C)(C)C)cc3)cccc2n1. The minimum Gasteiger partial charge on any atom is -0.491 e. The van der Waals surface area contributed by atoms with Gasteiger partial charge in [0.2, 0.25) is 0 Å². The van der Waals surface area contributed by atoms with Gasteiger partial charge in [-0.15, -0.1) is 0 Å². The Hall–Kier alpha value is -13.0. The highest BCUT2D eigenvalue weighted by atomic mass is 32.2. The molecule has 616 valence electrons. The molecule has 0 radical (unpaired) electrons. The number of pyridine rings is 4. The van der Waals surface area contributed by atoms with Crippen molar-refractivity contribution in [3.8, 4) is 28.5 Å². The summed E-state index contributed by atoms with van der Waals surface area (Å²) in [6.45, 7) is 29.8. The molecule has 0 spiro atoms. The van der Waals surface area contributed by atoms with Crippen LogP contribution in [0, 0.1) is 34.6 Å². The fourth-order valence-corrected chi connectivity index (χ4v) is 17.5. The first kappa shape index (κ1) is 84.9. The molecule has 0 saturated carbocycles. The molecule has 0 unspecified atom stereocenters. The summed E-state index contributed by atoms with van der Waals surface area (Å²) in [7, 11) is -15.1. The summed E-state index contributed by atoms with van der Waals surface area (Å²) in [6.07, 6.45) is 6.94. The highest BCUT2D eigenvalue weighted by molar-refractivity contribution is 7.93. The third-order valence-corrected chi connectivity index (χ3v) is 24.9. The van der Waals surface area contributed by atoms with Crippen LogP contribution in [0.3, 0.4) is 0 Å². The Labute approximate surface area is 699 Å². The summed E-state index contributed by atoms with van der Waals surface area (Å²) in [5.74, 6) is 2.46. The van der Waals surface area contributed by atoms with Gasteiger partial charge < -0.3 is 4.74 Å². The van der Waals surface area contributed by atoms with Gasteiger partial charge in [0.15, 0.2) is 0 Å². The van der Waals surface area contributed by atoms with Crippen LogP contribution in [0.4, 0.5) is 23.3 Å². The van der Waals surface area contributed by atoms with Crippen LogP contribution in [0.5, 0.6) is 5.75 Å². The molecular weight excluding hydrogens is 1590 g/mol. The number of benzene rings is 8. The Morgan fingerprint density at radius 3 is 1.05 bits per heavy atom. The van der Waals surface area contributed by atoms with E-state index in [1.54, 1.807) is 116 Å². The van der Waals surface area contributed by atoms with Crippen LogP contribution in [-0.4, -0.2) is 98.8 Å². The molecule has 8 aromatic heterocycles. The lowest BCUT2D eigenvalue weighted by atomic mass is 9.87. The summed E-state index contributed by atoms with van der Waals surface area (Å²) < 4.78 is 127. The lowest BCUT2D eigenvalue weighted by Crippen LogP contribution is -2.17. The van der Waals surface area contributed by atoms with Gasteiger partial charge in [-0.2, -0.15) is 20.4 Å². The van der Waals surface area contributed by atoms with Gasteiger partial charge in [-0.3, -0.25) is 38.8 Å². The number of fused-ring (bicyclic) bond motifs is 4. The van der Waals surface area contributed by atoms with Crippen molar-refractivity contribution >= 4 is 107 Å². The molecule has 8 heterocycles. The van der Waals surface area contributed by atoms with E-state index in [4.69, 9.17) is 4.74 Å². The molecule has 0 aliphatic rings. The number of nitrogens with zero attached hydrogens (tertiary/aromatic N) is 12. The van der Waals surface area contributed by atoms with Gasteiger partial charge >= 0.3 is 0 Å². The second-order valence-corrected chi connectivity index (χ2v) is 38.3. The summed E-state index contributed by atoms with van der Waals surface area (Å²) in [6, 6.07) is 70.4. The first-order valence-electron chi connectivity index (χ1n) is 38.7. The molecule has 120 heavy (non-hydrogen) atoms. The number of rotatable bonds is 19. The molecule has 16 aromatic rings. The molecule has 0 amide bonds. The average molecular weight is 1680 g/mol. The zero-order valence-electron chi connectivity index (χ0n) is 69.2. The highest BCUT2D eigenvalue weighted by Gasteiger charge is 2.26. The van der Waals surface area contributed by atoms with Gasteiger partial charge in [-0.1, -0.05) is 122 Å². The van der Waals surface area contributed by atoms with Gasteiger partial charge in [0, 0.05) is 81.7 Å². The van der Waals surface area contributed by atoms with E-state index in [0.717, 1.165) is 88.6 Å². The van der Waals surface area contributed by atoms with Gasteiger partial charge in [0.1, 0.15) is 29.0 Å². The van der Waals surface area contributed by atoms with Crippen molar-refractivity contribution in [1.82, 2.24) is 59.1 Å². The summed E-state index contributed by atoms with van der Waals surface area (Å²) >= 11 is 0. The molecule has 0 fully saturated rings. The minimum atomic E-state index is -3.81. The fraction of sp³-hybridized carbons (Fsp3) is 0.209. The number of nitrogens with one attached hydrogen (secondary N) is 4. The maximum Gasteiger partial charge on any atom is 0.263 e. The number of hydrogen-bond acceptors (Lipinski definition) is 17. The number of anilines is 4. The number of aromatic nitrogens is 12. The van der Waals surface area contributed by atoms with E-state index in [2.05, 4.69) is 115 Å². The minimum absolute atomic E-state index is 0.0121. The molecule has 8 aromatic carbocycles. The first-order valence-corrected chi connectivity index (χ1v) is 44.7. The van der Waals surface area contributed by atoms with E-state index in [0.29, 0.717) is 57.7 Å². The highest BCUT2D eigenvalue weighted by Crippen LogP contribution is 2.34. The third kappa shape index (κ3) is 19.6. The Morgan fingerprint density at radius 1 is 0.342 bits per heavy atom. The van der Waals surface area contributed by atoms with Crippen LogP contribution in [-0.2, 0) is 50.9 Å². The van der Waals surface area contributed by atoms with Crippen molar-refractivity contribution in [3.63, 3.8) is 0 Å². The Kier molecular flexibility index (Phi) is 24.4. The second kappa shape index (κ2) is 34.5. The van der Waals surface area contributed by atoms with E-state index in [9.17, 15) is 33.7 Å². The lowest BCUT2D eigenvalue weighted by Gasteiger charge is -2.19. The van der Waals surface area contributed by atoms with Crippen molar-refractivity contribution in [2.75, 3.05) is 18.9 Å². The maximum absolute atomic E-state index is 13.1. The van der Waals surface area contributed by atoms with Gasteiger partial charge in [0.25, 0.3) is 40.1 Å². The van der Waals surface area contributed by atoms with Gasteiger partial charge in [0.05, 0.1) is 87.8 Å². The zero-order valence-corrected chi connectivity index (χ0v) is 72.4. The van der Waals surface area contributed by atoms with Crippen LogP contribution in [0.2, 0.25) is 0 Å². The predicted octanol–water partition coefficient (Wildman–Crippen LogP) is 18.9. The third-order valence-electron chi connectivity index (χ3n) is 19.4. The quantitative estimate of drug-likeness (QED) is 0.0584. The van der Waals surface area contributed by atoms with Crippen LogP contribution in [0.25, 0.3) is 66.2 Å². The van der Waals surface area contributed by atoms with Crippen molar-refractivity contribution in [1.29, 1.82) is 0 Å². The molecule has 0 saturated heterocycles. The Balaban J connectivity index is 0.000000138. The van der Waals surface area contributed by atoms with E-state index in [1.807, 2.05) is 200 Å². The van der Waals surface area contributed by atoms with Gasteiger partial charge in [-0.25, -0.2) is 52.4 Å². The molecule has 16 rings (SSSR count). The lowest BCUT2D eigenvalue weighted by molar-refractivity contribution is 0.242. The van der Waals surface area contributed by atoms with Crippen LogP contribution in [0.15, 0.2) is 281 Å². The first-order chi connectivity index (χ1) is 56.9. The summed E-state index contributed by atoms with van der Waals surface area (Å²) in [5.41, 5.74) is 12.4. The Morgan fingerprint density at radius 2 is 0.683 bits per heavy atom. The standard InChI is InChI=1S/C24H26N4O2S.C23H24N4O2S.C22H22N4O3S.C22H22N4O2S/c1-16-9-14-20-21(25-16)7-6-8-22(20)28-23(15-17(2)26-28)27-31(29,30)19-12-10-18(11-13-19)24(3,4)5;1-16-14-22(26-30(28,29)19-10-8-18(9-11-19)23(2,3)4)27(25-16)21-7-5-6-17-15-24-13-12-20(17)21;1-15(2)29-17-9-11-18(12-10-17)30(27,28)25-22-14-16(3)24-26(22)21-8-4-7-20-19(21)6-5-13-23-20;1-15(2)17-9-11-18(12-10-17)29(27,28)25-22-14-16(3)24-26(22)21-8-4-7-20-19(21)6-5-13-23-20/h6-15,27H,1-5H3;5-15,26H,1-4H3;4-15,25H,1-3H3;4-15,25H,1-3H3. The summed E-state index contributed by atoms with van der Waals surface area (Å²) in [5, 5.41) is 22.6. The molecule has 0 atom stereocenters. The molecule has 0 aliphatic heterocycles. The van der Waals surface area contributed by atoms with Crippen LogP contribution in [0.1, 0.15) is 120 Å². The number of hydrogen-bond donors (Lipinski definition) is 4. The molecule has 0 aliphatic carbocycles. The molecule has 0 bridgehead atoms. The number of ether oxygens (including phenoxy) is 1. The topological polar surface area (TPSA) is 317 Å². The zero-order chi connectivity index (χ0) is 85.8. The maximum atomic E-state index is 13.1. The largest absolute Gasteiger partial charge is 0.491 e. The van der Waals surface area contributed by atoms with E-state index in [1.165, 1.54) is 12.1 Å². The van der Waals surface area contributed by atoms with E-state index in [-0.39, 0.29) is 36.5 Å². The summed E-state index contributed by atoms with van der Waals surface area (Å²) in [4.78, 5) is 18.2. The van der Waals surface area contributed by atoms with E-state index >= 15 is 0 Å². The van der Waals surface area contributed by atoms with Crippen LogP contribution >= 0.6 is 0 Å². The monoisotopic (exact) mass is 1680 g/mol. The molecular formula is C91H94N16O9S4. The molecule has 29 heteroatoms. The van der Waals surface area contributed by atoms with Crippen molar-refractivity contribution in [3.05, 3.63) is 307 Å². The smallest absolute Gasteiger partial charge is 0.263 e. The predicted molar refractivity (Wildman–Crippen MR) is 475 cm³/mol. The van der Waals surface area contributed by atoms with Gasteiger partial charge in [-0.05, 0) is 227 Å². The normalized spacial score (nSPS) is 12.0. The number of sulfonamides is 4. The Bertz CT molecular complexity index is 6900.